The second kappa shape index (κ2) is 6.50. The highest BCUT2D eigenvalue weighted by Gasteiger charge is 2.27. The number of rotatable bonds is 4. The number of nitrogens with two attached hydrogens (primary N) is 1. The molecule has 0 aromatic carbocycles. The average Bonchev–Trinajstić information content (AvgIpc) is 2.70. The molecule has 7 heteroatoms. The molecule has 0 unspecified atom stereocenters. The molecule has 1 fully saturated rings. The van der Waals surface area contributed by atoms with E-state index < -0.39 is 4.92 Å². The molecular weight excluding hydrogens is 272 g/mol. The Labute approximate surface area is 122 Å². The van der Waals surface area contributed by atoms with Gasteiger partial charge in [0.2, 0.25) is 11.6 Å². The van der Waals surface area contributed by atoms with Crippen LogP contribution >= 0.6 is 0 Å². The fraction of sp³-hybridized carbons (Fsp3) is 0.571. The van der Waals surface area contributed by atoms with Gasteiger partial charge in [-0.05, 0) is 12.8 Å². The second-order valence-corrected chi connectivity index (χ2v) is 5.45. The van der Waals surface area contributed by atoms with Gasteiger partial charge in [0.05, 0.1) is 10.5 Å². The van der Waals surface area contributed by atoms with Crippen molar-refractivity contribution in [2.24, 2.45) is 5.73 Å². The van der Waals surface area contributed by atoms with Crippen LogP contribution in [0.4, 0.5) is 5.69 Å². The van der Waals surface area contributed by atoms with Crippen LogP contribution in [0, 0.1) is 21.4 Å². The zero-order valence-electron chi connectivity index (χ0n) is 11.7. The molecule has 0 spiro atoms. The van der Waals surface area contributed by atoms with E-state index in [2.05, 4.69) is 4.98 Å². The summed E-state index contributed by atoms with van der Waals surface area (Å²) in [7, 11) is 0. The van der Waals surface area contributed by atoms with Crippen molar-refractivity contribution in [3.8, 4) is 11.9 Å². The van der Waals surface area contributed by atoms with Gasteiger partial charge in [0.15, 0.2) is 0 Å². The van der Waals surface area contributed by atoms with Crippen molar-refractivity contribution in [3.63, 3.8) is 0 Å². The molecule has 0 aliphatic heterocycles. The molecule has 2 N–H and O–H groups in total. The molecule has 0 bridgehead atoms. The molecule has 112 valence electrons. The Morgan fingerprint density at radius 2 is 2.05 bits per heavy atom. The molecule has 1 heterocycles. The summed E-state index contributed by atoms with van der Waals surface area (Å²) in [6.07, 6.45) is 6.32. The first-order chi connectivity index (χ1) is 10.0. The zero-order valence-corrected chi connectivity index (χ0v) is 11.7. The number of ether oxygens (including phenoxy) is 1. The maximum absolute atomic E-state index is 10.7. The van der Waals surface area contributed by atoms with Gasteiger partial charge in [-0.1, -0.05) is 25.7 Å². The van der Waals surface area contributed by atoms with E-state index in [-0.39, 0.29) is 22.8 Å². The summed E-state index contributed by atoms with van der Waals surface area (Å²) in [4.78, 5) is 14.0. The molecule has 1 aromatic rings. The first-order valence-electron chi connectivity index (χ1n) is 7.01. The second-order valence-electron chi connectivity index (χ2n) is 5.45. The summed E-state index contributed by atoms with van der Waals surface area (Å²) in [6, 6.07) is 4.35. The summed E-state index contributed by atoms with van der Waals surface area (Å²) < 4.78 is 5.57. The lowest BCUT2D eigenvalue weighted by Crippen LogP contribution is -2.45. The Kier molecular flexibility index (Phi) is 4.70. The fourth-order valence-corrected chi connectivity index (χ4v) is 2.54. The van der Waals surface area contributed by atoms with E-state index in [1.807, 2.05) is 0 Å². The molecule has 0 amide bonds. The van der Waals surface area contributed by atoms with E-state index in [9.17, 15) is 10.1 Å². The maximum Gasteiger partial charge on any atom is 0.305 e. The number of hydrogen-bond donors (Lipinski definition) is 1. The Hall–Kier alpha value is -2.20. The van der Waals surface area contributed by atoms with Crippen LogP contribution in [0.25, 0.3) is 0 Å². The highest BCUT2D eigenvalue weighted by atomic mass is 16.6. The largest absolute Gasteiger partial charge is 0.476 e. The van der Waals surface area contributed by atoms with E-state index in [4.69, 9.17) is 15.7 Å². The van der Waals surface area contributed by atoms with Crippen LogP contribution in [0.2, 0.25) is 0 Å². The number of nitriles is 1. The Morgan fingerprint density at radius 1 is 1.38 bits per heavy atom. The third-order valence-corrected chi connectivity index (χ3v) is 3.76. The zero-order chi connectivity index (χ0) is 15.3. The summed E-state index contributed by atoms with van der Waals surface area (Å²) in [5.74, 6) is 0.200. The number of aromatic nitrogens is 1. The maximum atomic E-state index is 10.7. The first-order valence-corrected chi connectivity index (χ1v) is 7.01. The van der Waals surface area contributed by atoms with Gasteiger partial charge < -0.3 is 10.5 Å². The van der Waals surface area contributed by atoms with Crippen molar-refractivity contribution in [3.05, 3.63) is 27.9 Å². The third-order valence-electron chi connectivity index (χ3n) is 3.76. The normalized spacial score (nSPS) is 17.5. The molecule has 1 aliphatic rings. The lowest BCUT2D eigenvalue weighted by atomic mass is 9.93. The number of nitro groups is 1. The van der Waals surface area contributed by atoms with Gasteiger partial charge in [0, 0.05) is 12.1 Å². The summed E-state index contributed by atoms with van der Waals surface area (Å²) >= 11 is 0. The van der Waals surface area contributed by atoms with Gasteiger partial charge in [-0.15, -0.1) is 0 Å². The molecule has 1 aliphatic carbocycles. The van der Waals surface area contributed by atoms with Crippen LogP contribution in [0.1, 0.15) is 44.2 Å². The van der Waals surface area contributed by atoms with Gasteiger partial charge in [0.25, 0.3) is 0 Å². The molecule has 0 radical (unpaired) electrons. The molecule has 0 atom stereocenters. The van der Waals surface area contributed by atoms with E-state index >= 15 is 0 Å². The monoisotopic (exact) mass is 290 g/mol. The van der Waals surface area contributed by atoms with E-state index in [1.54, 1.807) is 6.07 Å². The average molecular weight is 290 g/mol. The number of nitrogens with zero attached hydrogens (tertiary/aromatic N) is 3. The van der Waals surface area contributed by atoms with Crippen molar-refractivity contribution in [2.75, 3.05) is 6.61 Å². The van der Waals surface area contributed by atoms with Crippen LogP contribution in [0.3, 0.4) is 0 Å². The van der Waals surface area contributed by atoms with Crippen molar-refractivity contribution >= 4 is 5.69 Å². The number of hydrogen-bond acceptors (Lipinski definition) is 6. The topological polar surface area (TPSA) is 115 Å². The van der Waals surface area contributed by atoms with Gasteiger partial charge in [-0.3, -0.25) is 10.1 Å². The van der Waals surface area contributed by atoms with Crippen molar-refractivity contribution in [2.45, 2.75) is 44.1 Å². The molecule has 1 saturated carbocycles. The minimum absolute atomic E-state index is 0.200. The van der Waals surface area contributed by atoms with Crippen molar-refractivity contribution in [1.82, 2.24) is 4.98 Å². The van der Waals surface area contributed by atoms with Crippen LogP contribution in [0.5, 0.6) is 5.88 Å². The highest BCUT2D eigenvalue weighted by molar-refractivity contribution is 5.45. The van der Waals surface area contributed by atoms with Crippen LogP contribution in [0.15, 0.2) is 12.1 Å². The molecule has 1 aromatic heterocycles. The smallest absolute Gasteiger partial charge is 0.305 e. The summed E-state index contributed by atoms with van der Waals surface area (Å²) in [6.45, 7) is 0.308. The quantitative estimate of drug-likeness (QED) is 0.516. The Morgan fingerprint density at radius 3 is 2.62 bits per heavy atom. The van der Waals surface area contributed by atoms with Crippen LogP contribution < -0.4 is 10.5 Å². The SMILES string of the molecule is N#Cc1nc(OCC2(N)CCCCCC2)ccc1[N+](=O)[O-]. The van der Waals surface area contributed by atoms with Crippen molar-refractivity contribution in [1.29, 1.82) is 5.26 Å². The molecular formula is C14H18N4O3. The van der Waals surface area contributed by atoms with Gasteiger partial charge >= 0.3 is 5.69 Å². The van der Waals surface area contributed by atoms with Crippen molar-refractivity contribution < 1.29 is 9.66 Å². The van der Waals surface area contributed by atoms with E-state index in [0.29, 0.717) is 6.61 Å². The molecule has 0 saturated heterocycles. The molecule has 2 rings (SSSR count). The molecule has 7 nitrogen and oxygen atoms in total. The minimum Gasteiger partial charge on any atom is -0.476 e. The highest BCUT2D eigenvalue weighted by Crippen LogP contribution is 2.26. The summed E-state index contributed by atoms with van der Waals surface area (Å²) in [5, 5.41) is 19.6. The van der Waals surface area contributed by atoms with Gasteiger partial charge in [-0.25, -0.2) is 0 Å². The lowest BCUT2D eigenvalue weighted by molar-refractivity contribution is -0.385. The third kappa shape index (κ3) is 3.89. The predicted molar refractivity (Wildman–Crippen MR) is 75.7 cm³/mol. The van der Waals surface area contributed by atoms with Crippen LogP contribution in [-0.2, 0) is 0 Å². The van der Waals surface area contributed by atoms with E-state index in [0.717, 1.165) is 25.7 Å². The molecule has 21 heavy (non-hydrogen) atoms. The number of pyridine rings is 1. The predicted octanol–water partition coefficient (Wildman–Crippen LogP) is 2.29. The standard InChI is InChI=1S/C14H18N4O3/c15-9-11-12(18(19)20)5-6-13(17-11)21-10-14(16)7-3-1-2-4-8-14/h5-6H,1-4,7-8,10,16H2. The van der Waals surface area contributed by atoms with E-state index in [1.165, 1.54) is 25.0 Å². The van der Waals surface area contributed by atoms with Gasteiger partial charge in [-0.2, -0.15) is 10.2 Å². The Bertz CT molecular complexity index is 560. The fourth-order valence-electron chi connectivity index (χ4n) is 2.54. The Balaban J connectivity index is 2.06. The van der Waals surface area contributed by atoms with Crippen LogP contribution in [-0.4, -0.2) is 22.1 Å². The summed E-state index contributed by atoms with van der Waals surface area (Å²) in [5.41, 5.74) is 5.38. The minimum atomic E-state index is -0.634. The van der Waals surface area contributed by atoms with Gasteiger partial charge in [0.1, 0.15) is 12.7 Å². The lowest BCUT2D eigenvalue weighted by Gasteiger charge is -2.27. The first kappa shape index (κ1) is 15.2.